The molecule has 0 bridgehead atoms. The van der Waals surface area contributed by atoms with E-state index in [1.54, 1.807) is 5.01 Å². The van der Waals surface area contributed by atoms with Gasteiger partial charge in [-0.25, -0.2) is 9.99 Å². The smallest absolute Gasteiger partial charge is 0.365 e. The molecule has 3 rings (SSSR count). The number of hydrogen-bond donors (Lipinski definition) is 4. The number of pyridine rings is 1. The van der Waals surface area contributed by atoms with Crippen LogP contribution in [0.25, 0.3) is 11.0 Å². The lowest BCUT2D eigenvalue weighted by Crippen LogP contribution is -2.50. The summed E-state index contributed by atoms with van der Waals surface area (Å²) in [6.07, 6.45) is 0.550. The maximum Gasteiger partial charge on any atom is 0.405 e. The lowest BCUT2D eigenvalue weighted by molar-refractivity contribution is -0.142. The number of H-pyrrole nitrogens is 1. The Labute approximate surface area is 158 Å². The average Bonchev–Trinajstić information content (AvgIpc) is 3.10. The number of hydrazine groups is 1. The molecule has 150 valence electrons. The number of primary amides is 1. The Hall–Kier alpha value is -3.00. The van der Waals surface area contributed by atoms with E-state index in [0.29, 0.717) is 29.6 Å². The average molecular weight is 396 g/mol. The number of hydrogen-bond acceptors (Lipinski definition) is 5. The van der Waals surface area contributed by atoms with Gasteiger partial charge in [0, 0.05) is 25.0 Å². The highest BCUT2D eigenvalue weighted by Gasteiger charge is 2.34. The SMILES string of the molecule is CC1CCC(C(=O)NCC(F)(F)F)CN1Nc1c(C(N)=O)cnc2[nH]c#cc12. The van der Waals surface area contributed by atoms with Crippen molar-refractivity contribution in [1.82, 2.24) is 20.3 Å². The van der Waals surface area contributed by atoms with E-state index in [1.165, 1.54) is 6.20 Å². The first-order valence-electron chi connectivity index (χ1n) is 8.63. The summed E-state index contributed by atoms with van der Waals surface area (Å²) in [6.45, 7) is 0.712. The molecule has 2 unspecified atom stereocenters. The van der Waals surface area contributed by atoms with Crippen molar-refractivity contribution in [3.8, 4) is 0 Å². The number of amides is 2. The third kappa shape index (κ3) is 4.28. The Kier molecular flexibility index (Phi) is 5.33. The minimum Gasteiger partial charge on any atom is -0.365 e. The molecule has 5 N–H and O–H groups in total. The van der Waals surface area contributed by atoms with E-state index in [1.807, 2.05) is 12.2 Å². The van der Waals surface area contributed by atoms with Crippen LogP contribution in [-0.2, 0) is 4.79 Å². The Bertz CT molecular complexity index is 881. The van der Waals surface area contributed by atoms with Gasteiger partial charge in [-0.3, -0.25) is 14.6 Å². The molecule has 2 aromatic heterocycles. The second-order valence-corrected chi connectivity index (χ2v) is 6.73. The number of piperidine rings is 1. The molecule has 0 aromatic carbocycles. The van der Waals surface area contributed by atoms with Crippen molar-refractivity contribution in [3.05, 3.63) is 24.0 Å². The van der Waals surface area contributed by atoms with Crippen LogP contribution >= 0.6 is 0 Å². The molecule has 1 aliphatic heterocycles. The fourth-order valence-electron chi connectivity index (χ4n) is 3.14. The van der Waals surface area contributed by atoms with Crippen LogP contribution in [0.4, 0.5) is 18.9 Å². The van der Waals surface area contributed by atoms with Crippen LogP contribution in [0, 0.1) is 18.2 Å². The molecule has 0 radical (unpaired) electrons. The van der Waals surface area contributed by atoms with E-state index in [2.05, 4.69) is 27.7 Å². The highest BCUT2D eigenvalue weighted by molar-refractivity contribution is 6.05. The van der Waals surface area contributed by atoms with Crippen molar-refractivity contribution in [2.75, 3.05) is 18.5 Å². The van der Waals surface area contributed by atoms with Gasteiger partial charge in [0.1, 0.15) is 6.54 Å². The topological polar surface area (TPSA) is 116 Å². The number of rotatable bonds is 5. The second-order valence-electron chi connectivity index (χ2n) is 6.73. The van der Waals surface area contributed by atoms with Gasteiger partial charge >= 0.3 is 6.18 Å². The van der Waals surface area contributed by atoms with Gasteiger partial charge in [0.25, 0.3) is 5.91 Å². The summed E-state index contributed by atoms with van der Waals surface area (Å²) in [6, 6.07) is 2.79. The van der Waals surface area contributed by atoms with E-state index in [4.69, 9.17) is 5.73 Å². The number of carbonyl (C=O) groups excluding carboxylic acids is 2. The minimum atomic E-state index is -4.46. The summed E-state index contributed by atoms with van der Waals surface area (Å²) in [4.78, 5) is 30.7. The number of fused-ring (bicyclic) bond motifs is 1. The Morgan fingerprint density at radius 1 is 1.43 bits per heavy atom. The molecule has 11 heteroatoms. The number of aromatic amines is 1. The van der Waals surface area contributed by atoms with Gasteiger partial charge in [0.05, 0.1) is 22.6 Å². The van der Waals surface area contributed by atoms with E-state index in [-0.39, 0.29) is 18.2 Å². The first-order valence-corrected chi connectivity index (χ1v) is 8.63. The van der Waals surface area contributed by atoms with Gasteiger partial charge in [-0.2, -0.15) is 13.2 Å². The summed E-state index contributed by atoms with van der Waals surface area (Å²) >= 11 is 0. The van der Waals surface area contributed by atoms with Gasteiger partial charge in [-0.05, 0) is 25.8 Å². The second kappa shape index (κ2) is 7.55. The van der Waals surface area contributed by atoms with Crippen molar-refractivity contribution in [1.29, 1.82) is 0 Å². The van der Waals surface area contributed by atoms with Crippen molar-refractivity contribution in [3.63, 3.8) is 0 Å². The summed E-state index contributed by atoms with van der Waals surface area (Å²) < 4.78 is 37.1. The number of halogens is 3. The van der Waals surface area contributed by atoms with E-state index in [9.17, 15) is 22.8 Å². The quantitative estimate of drug-likeness (QED) is 0.609. The van der Waals surface area contributed by atoms with Crippen LogP contribution in [-0.4, -0.2) is 52.1 Å². The molecule has 2 aromatic rings. The van der Waals surface area contributed by atoms with Gasteiger partial charge in [0.15, 0.2) is 5.65 Å². The van der Waals surface area contributed by atoms with Gasteiger partial charge in [-0.1, -0.05) is 0 Å². The maximum atomic E-state index is 12.4. The zero-order valence-corrected chi connectivity index (χ0v) is 15.0. The molecule has 2 amide bonds. The predicted octanol–water partition coefficient (Wildman–Crippen LogP) is 1.37. The van der Waals surface area contributed by atoms with Gasteiger partial charge in [0.2, 0.25) is 5.91 Å². The molecular weight excluding hydrogens is 377 g/mol. The van der Waals surface area contributed by atoms with Crippen LogP contribution < -0.4 is 16.5 Å². The lowest BCUT2D eigenvalue weighted by atomic mass is 9.94. The van der Waals surface area contributed by atoms with Crippen molar-refractivity contribution in [2.45, 2.75) is 32.0 Å². The molecule has 28 heavy (non-hydrogen) atoms. The number of aromatic nitrogens is 2. The zero-order valence-electron chi connectivity index (χ0n) is 15.0. The molecule has 3 heterocycles. The molecule has 1 aliphatic rings. The molecule has 0 saturated carbocycles. The Morgan fingerprint density at radius 3 is 2.86 bits per heavy atom. The first kappa shape index (κ1) is 19.8. The molecule has 0 aliphatic carbocycles. The lowest BCUT2D eigenvalue weighted by Gasteiger charge is -2.38. The van der Waals surface area contributed by atoms with Crippen LogP contribution in [0.3, 0.4) is 0 Å². The zero-order chi connectivity index (χ0) is 20.5. The van der Waals surface area contributed by atoms with Crippen LogP contribution in [0.15, 0.2) is 6.20 Å². The van der Waals surface area contributed by atoms with Crippen LogP contribution in [0.1, 0.15) is 30.1 Å². The van der Waals surface area contributed by atoms with Gasteiger partial charge < -0.3 is 16.5 Å². The molecular formula is C17H19F3N6O2. The number of carbonyl (C=O) groups is 2. The Morgan fingerprint density at radius 2 is 2.18 bits per heavy atom. The van der Waals surface area contributed by atoms with E-state index >= 15 is 0 Å². The van der Waals surface area contributed by atoms with Crippen LogP contribution in [0.2, 0.25) is 0 Å². The normalized spacial score (nSPS) is 20.6. The Balaban J connectivity index is 1.79. The molecule has 2 atom stereocenters. The van der Waals surface area contributed by atoms with Crippen molar-refractivity contribution in [2.24, 2.45) is 11.7 Å². The summed E-state index contributed by atoms with van der Waals surface area (Å²) in [5.74, 6) is -1.98. The summed E-state index contributed by atoms with van der Waals surface area (Å²) in [5.41, 5.74) is 9.45. The van der Waals surface area contributed by atoms with Gasteiger partial charge in [-0.15, -0.1) is 0 Å². The predicted molar refractivity (Wildman–Crippen MR) is 93.9 cm³/mol. The number of anilines is 1. The van der Waals surface area contributed by atoms with Crippen molar-refractivity contribution < 1.29 is 22.8 Å². The van der Waals surface area contributed by atoms with Crippen LogP contribution in [0.5, 0.6) is 0 Å². The number of alkyl halides is 3. The highest BCUT2D eigenvalue weighted by atomic mass is 19.4. The molecule has 0 spiro atoms. The van der Waals surface area contributed by atoms with E-state index in [0.717, 1.165) is 0 Å². The fraction of sp³-hybridized carbons (Fsp3) is 0.471. The standard InChI is InChI=1S/C17H19F3N6O2/c1-9-2-3-10(16(28)24-8-17(18,19)20)7-26(9)25-13-11-4-5-22-15(11)23-6-12(13)14(21)27/h6,9-10H,2-3,7-8H2,1H3,(H2,21,27)(H,24,28)(H2,22,23,25). The third-order valence-corrected chi connectivity index (χ3v) is 4.68. The largest absolute Gasteiger partial charge is 0.405 e. The summed E-state index contributed by atoms with van der Waals surface area (Å²) in [7, 11) is 0. The van der Waals surface area contributed by atoms with Crippen molar-refractivity contribution >= 4 is 28.5 Å². The number of nitrogens with two attached hydrogens (primary N) is 1. The fourth-order valence-corrected chi connectivity index (χ4v) is 3.14. The first-order chi connectivity index (χ1) is 13.2. The molecule has 1 fully saturated rings. The minimum absolute atomic E-state index is 0.0291. The third-order valence-electron chi connectivity index (χ3n) is 4.68. The monoisotopic (exact) mass is 396 g/mol. The maximum absolute atomic E-state index is 12.4. The van der Waals surface area contributed by atoms with E-state index < -0.39 is 30.5 Å². The molecule has 1 saturated heterocycles. The summed E-state index contributed by atoms with van der Waals surface area (Å²) in [5, 5.41) is 4.10. The number of nitrogens with one attached hydrogen (secondary N) is 3. The molecule has 8 nitrogen and oxygen atoms in total. The number of nitrogens with zero attached hydrogens (tertiary/aromatic N) is 2. The highest BCUT2D eigenvalue weighted by Crippen LogP contribution is 2.28.